The van der Waals surface area contributed by atoms with Gasteiger partial charge in [-0.25, -0.2) is 4.98 Å². The van der Waals surface area contributed by atoms with Gasteiger partial charge in [-0.15, -0.1) is 0 Å². The van der Waals surface area contributed by atoms with Crippen molar-refractivity contribution in [3.63, 3.8) is 0 Å². The van der Waals surface area contributed by atoms with E-state index in [1.165, 1.54) is 16.9 Å². The summed E-state index contributed by atoms with van der Waals surface area (Å²) in [6.45, 7) is 2.44. The maximum absolute atomic E-state index is 13.2. The minimum Gasteiger partial charge on any atom is -0.497 e. The number of hydrogen-bond donors (Lipinski definition) is 0. The number of carbonyl (C=O) groups is 1. The standard InChI is InChI=1S/C23H21N3O2S/c1-16-6-11-20-21(13-16)29-23(25-20)26(15-18-5-3-4-12-24-18)22(27)14-17-7-9-19(28-2)10-8-17/h3-13H,14-15H2,1-2H3. The van der Waals surface area contributed by atoms with Crippen molar-refractivity contribution in [2.45, 2.75) is 19.9 Å². The Morgan fingerprint density at radius 1 is 1.10 bits per heavy atom. The number of thiazole rings is 1. The fourth-order valence-corrected chi connectivity index (χ4v) is 4.15. The lowest BCUT2D eigenvalue weighted by Gasteiger charge is -2.19. The molecule has 0 radical (unpaired) electrons. The number of nitrogens with zero attached hydrogens (tertiary/aromatic N) is 3. The van der Waals surface area contributed by atoms with Crippen molar-refractivity contribution in [1.29, 1.82) is 0 Å². The van der Waals surface area contributed by atoms with Crippen LogP contribution in [-0.2, 0) is 17.8 Å². The molecule has 2 aromatic heterocycles. The van der Waals surface area contributed by atoms with Crippen LogP contribution in [0.25, 0.3) is 10.2 Å². The van der Waals surface area contributed by atoms with Crippen molar-refractivity contribution >= 4 is 32.6 Å². The zero-order chi connectivity index (χ0) is 20.2. The van der Waals surface area contributed by atoms with Crippen molar-refractivity contribution in [3.8, 4) is 5.75 Å². The molecule has 6 heteroatoms. The third-order valence-electron chi connectivity index (χ3n) is 4.63. The van der Waals surface area contributed by atoms with Crippen LogP contribution in [0.4, 0.5) is 5.13 Å². The zero-order valence-corrected chi connectivity index (χ0v) is 17.1. The summed E-state index contributed by atoms with van der Waals surface area (Å²) in [4.78, 5) is 24.1. The number of benzene rings is 2. The SMILES string of the molecule is COc1ccc(CC(=O)N(Cc2ccccn2)c2nc3ccc(C)cc3s2)cc1. The molecule has 0 spiro atoms. The first kappa shape index (κ1) is 19.1. The Kier molecular flexibility index (Phi) is 5.53. The summed E-state index contributed by atoms with van der Waals surface area (Å²) in [5.74, 6) is 0.754. The molecule has 0 aliphatic heterocycles. The van der Waals surface area contributed by atoms with E-state index in [4.69, 9.17) is 9.72 Å². The molecule has 0 atom stereocenters. The first-order valence-electron chi connectivity index (χ1n) is 9.33. The Hall–Kier alpha value is -3.25. The number of hydrogen-bond acceptors (Lipinski definition) is 5. The third-order valence-corrected chi connectivity index (χ3v) is 5.67. The molecular formula is C23H21N3O2S. The fraction of sp³-hybridized carbons (Fsp3) is 0.174. The van der Waals surface area contributed by atoms with Crippen molar-refractivity contribution in [2.24, 2.45) is 0 Å². The summed E-state index contributed by atoms with van der Waals surface area (Å²) < 4.78 is 6.27. The quantitative estimate of drug-likeness (QED) is 0.465. The maximum atomic E-state index is 13.2. The topological polar surface area (TPSA) is 55.3 Å². The van der Waals surface area contributed by atoms with Crippen LogP contribution < -0.4 is 9.64 Å². The highest BCUT2D eigenvalue weighted by atomic mass is 32.1. The van der Waals surface area contributed by atoms with Gasteiger partial charge in [0.15, 0.2) is 5.13 Å². The van der Waals surface area contributed by atoms with E-state index in [0.717, 1.165) is 27.2 Å². The maximum Gasteiger partial charge on any atom is 0.233 e. The summed E-state index contributed by atoms with van der Waals surface area (Å²) in [6.07, 6.45) is 2.02. The van der Waals surface area contributed by atoms with Gasteiger partial charge in [-0.05, 0) is 54.4 Å². The molecule has 0 saturated carbocycles. The molecule has 0 saturated heterocycles. The Morgan fingerprint density at radius 2 is 1.93 bits per heavy atom. The van der Waals surface area contributed by atoms with Gasteiger partial charge in [-0.1, -0.05) is 35.6 Å². The Bertz CT molecular complexity index is 1120. The molecule has 0 aliphatic carbocycles. The van der Waals surface area contributed by atoms with E-state index in [9.17, 15) is 4.79 Å². The molecule has 146 valence electrons. The van der Waals surface area contributed by atoms with Gasteiger partial charge in [0, 0.05) is 6.20 Å². The van der Waals surface area contributed by atoms with E-state index in [0.29, 0.717) is 11.7 Å². The highest BCUT2D eigenvalue weighted by Gasteiger charge is 2.21. The van der Waals surface area contributed by atoms with E-state index in [2.05, 4.69) is 18.0 Å². The molecule has 5 nitrogen and oxygen atoms in total. The molecule has 0 bridgehead atoms. The summed E-state index contributed by atoms with van der Waals surface area (Å²) in [7, 11) is 1.63. The molecule has 2 heterocycles. The van der Waals surface area contributed by atoms with Crippen LogP contribution in [-0.4, -0.2) is 23.0 Å². The van der Waals surface area contributed by atoms with Gasteiger partial charge >= 0.3 is 0 Å². The molecule has 1 amide bonds. The average Bonchev–Trinajstić information content (AvgIpc) is 3.16. The number of aromatic nitrogens is 2. The summed E-state index contributed by atoms with van der Waals surface area (Å²) in [5, 5.41) is 0.690. The molecule has 0 fully saturated rings. The lowest BCUT2D eigenvalue weighted by molar-refractivity contribution is -0.118. The lowest BCUT2D eigenvalue weighted by Crippen LogP contribution is -2.32. The third kappa shape index (κ3) is 4.43. The van der Waals surface area contributed by atoms with Crippen LogP contribution in [0.5, 0.6) is 5.75 Å². The summed E-state index contributed by atoms with van der Waals surface area (Å²) >= 11 is 1.53. The Labute approximate surface area is 173 Å². The van der Waals surface area contributed by atoms with Gasteiger partial charge in [0.2, 0.25) is 5.91 Å². The van der Waals surface area contributed by atoms with Crippen LogP contribution in [0.15, 0.2) is 66.9 Å². The van der Waals surface area contributed by atoms with Crippen molar-refractivity contribution in [1.82, 2.24) is 9.97 Å². The van der Waals surface area contributed by atoms with Gasteiger partial charge < -0.3 is 4.74 Å². The van der Waals surface area contributed by atoms with Crippen LogP contribution >= 0.6 is 11.3 Å². The number of anilines is 1. The van der Waals surface area contributed by atoms with Crippen molar-refractivity contribution in [3.05, 3.63) is 83.7 Å². The number of amides is 1. The lowest BCUT2D eigenvalue weighted by atomic mass is 10.1. The summed E-state index contributed by atoms with van der Waals surface area (Å²) in [5.41, 5.74) is 3.83. The number of pyridine rings is 1. The minimum absolute atomic E-state index is 0.0170. The van der Waals surface area contributed by atoms with E-state index < -0.39 is 0 Å². The zero-order valence-electron chi connectivity index (χ0n) is 16.3. The van der Waals surface area contributed by atoms with E-state index in [-0.39, 0.29) is 12.3 Å². The van der Waals surface area contributed by atoms with Gasteiger partial charge in [0.1, 0.15) is 5.75 Å². The normalized spacial score (nSPS) is 10.8. The van der Waals surface area contributed by atoms with Crippen LogP contribution in [0.1, 0.15) is 16.8 Å². The number of ether oxygens (including phenoxy) is 1. The first-order chi connectivity index (χ1) is 14.1. The molecule has 0 N–H and O–H groups in total. The van der Waals surface area contributed by atoms with Gasteiger partial charge in [0.25, 0.3) is 0 Å². The van der Waals surface area contributed by atoms with E-state index in [1.54, 1.807) is 18.2 Å². The van der Waals surface area contributed by atoms with Crippen molar-refractivity contribution in [2.75, 3.05) is 12.0 Å². The minimum atomic E-state index is -0.0170. The second kappa shape index (κ2) is 8.41. The monoisotopic (exact) mass is 403 g/mol. The van der Waals surface area contributed by atoms with Crippen LogP contribution in [0, 0.1) is 6.92 Å². The number of methoxy groups -OCH3 is 1. The van der Waals surface area contributed by atoms with Gasteiger partial charge in [-0.2, -0.15) is 0 Å². The largest absolute Gasteiger partial charge is 0.497 e. The predicted octanol–water partition coefficient (Wildman–Crippen LogP) is 4.78. The number of rotatable bonds is 6. The molecule has 2 aromatic carbocycles. The molecule has 4 rings (SSSR count). The highest BCUT2D eigenvalue weighted by molar-refractivity contribution is 7.22. The molecule has 0 aliphatic rings. The molecule has 0 unspecified atom stereocenters. The molecule has 29 heavy (non-hydrogen) atoms. The number of aryl methyl sites for hydroxylation is 1. The van der Waals surface area contributed by atoms with Crippen LogP contribution in [0.3, 0.4) is 0 Å². The second-order valence-electron chi connectivity index (χ2n) is 6.79. The second-order valence-corrected chi connectivity index (χ2v) is 7.80. The number of fused-ring (bicyclic) bond motifs is 1. The molecular weight excluding hydrogens is 382 g/mol. The molecule has 4 aromatic rings. The first-order valence-corrected chi connectivity index (χ1v) is 10.1. The fourth-order valence-electron chi connectivity index (χ4n) is 3.06. The number of carbonyl (C=O) groups excluding carboxylic acids is 1. The average molecular weight is 404 g/mol. The highest BCUT2D eigenvalue weighted by Crippen LogP contribution is 2.31. The van der Waals surface area contributed by atoms with E-state index in [1.807, 2.05) is 54.6 Å². The van der Waals surface area contributed by atoms with E-state index >= 15 is 0 Å². The summed E-state index contributed by atoms with van der Waals surface area (Å²) in [6, 6.07) is 19.4. The van der Waals surface area contributed by atoms with Gasteiger partial charge in [-0.3, -0.25) is 14.7 Å². The van der Waals surface area contributed by atoms with Crippen molar-refractivity contribution < 1.29 is 9.53 Å². The van der Waals surface area contributed by atoms with Crippen LogP contribution in [0.2, 0.25) is 0 Å². The smallest absolute Gasteiger partial charge is 0.233 e. The Morgan fingerprint density at radius 3 is 2.66 bits per heavy atom. The Balaban J connectivity index is 1.65. The van der Waals surface area contributed by atoms with Gasteiger partial charge in [0.05, 0.1) is 36.0 Å². The predicted molar refractivity (Wildman–Crippen MR) is 116 cm³/mol.